The van der Waals surface area contributed by atoms with Gasteiger partial charge in [-0.3, -0.25) is 14.5 Å². The average molecular weight is 707 g/mol. The number of carbonyl (C=O) groups is 3. The second-order valence-corrected chi connectivity index (χ2v) is 13.0. The molecule has 266 valence electrons. The third-order valence-electron chi connectivity index (χ3n) is 9.54. The molecule has 0 radical (unpaired) electrons. The van der Waals surface area contributed by atoms with Crippen molar-refractivity contribution in [2.45, 2.75) is 56.3 Å². The molecule has 1 unspecified atom stereocenters. The Morgan fingerprint density at radius 2 is 1.78 bits per heavy atom. The maximum Gasteiger partial charge on any atom is 0.448 e. The number of nitrogens with zero attached hydrogens (tertiary/aromatic N) is 5. The molecule has 5 aliphatic rings. The Morgan fingerprint density at radius 3 is 2.44 bits per heavy atom. The molecule has 2 aromatic heterocycles. The van der Waals surface area contributed by atoms with Crippen molar-refractivity contribution in [3.05, 3.63) is 47.1 Å². The van der Waals surface area contributed by atoms with E-state index in [1.54, 1.807) is 0 Å². The largest absolute Gasteiger partial charge is 0.505 e. The minimum absolute atomic E-state index is 0.0147. The predicted molar refractivity (Wildman–Crippen MR) is 163 cm³/mol. The lowest BCUT2D eigenvalue weighted by Gasteiger charge is -2.38. The number of imidazole rings is 1. The number of benzene rings is 1. The number of nitrogens with one attached hydrogen (secondary N) is 3. The molecule has 0 saturated carbocycles. The first-order valence-corrected chi connectivity index (χ1v) is 15.8. The SMILES string of the molecule is C=C(O)C(F)(F)F.O=C1COc2ncc(N3CC4(CCN(CC5Cc6c(c(F)c7[nH]c([C@@H]8CCC(=O)N8)nc7c6F)C5)CC4)OC3=O)nc2N1. The van der Waals surface area contributed by atoms with E-state index in [0.717, 1.165) is 0 Å². The van der Waals surface area contributed by atoms with Gasteiger partial charge in [0.1, 0.15) is 22.5 Å². The number of hydrogen-bond acceptors (Lipinski definition) is 10. The molecule has 14 nitrogen and oxygen atoms in total. The van der Waals surface area contributed by atoms with Crippen LogP contribution in [0.1, 0.15) is 48.7 Å². The number of aromatic nitrogens is 4. The van der Waals surface area contributed by atoms with E-state index in [2.05, 4.69) is 42.0 Å². The van der Waals surface area contributed by atoms with E-state index < -0.39 is 35.3 Å². The van der Waals surface area contributed by atoms with Gasteiger partial charge in [-0.1, -0.05) is 6.58 Å². The van der Waals surface area contributed by atoms with Gasteiger partial charge in [0, 0.05) is 38.9 Å². The molecule has 50 heavy (non-hydrogen) atoms. The number of piperidine rings is 1. The molecular formula is C31H31F5N8O6. The summed E-state index contributed by atoms with van der Waals surface area (Å²) in [4.78, 5) is 55.5. The second kappa shape index (κ2) is 12.4. The van der Waals surface area contributed by atoms with E-state index in [4.69, 9.17) is 14.6 Å². The molecular weight excluding hydrogens is 675 g/mol. The summed E-state index contributed by atoms with van der Waals surface area (Å²) in [6, 6.07) is -0.363. The molecule has 6 heterocycles. The fraction of sp³-hybridized carbons (Fsp3) is 0.484. The Hall–Kier alpha value is -5.07. The van der Waals surface area contributed by atoms with Crippen molar-refractivity contribution in [1.29, 1.82) is 0 Å². The molecule has 4 N–H and O–H groups in total. The highest BCUT2D eigenvalue weighted by atomic mass is 19.4. The molecule has 3 amide bonds. The predicted octanol–water partition coefficient (Wildman–Crippen LogP) is 3.74. The number of H-pyrrole nitrogens is 1. The third kappa shape index (κ3) is 6.25. The molecule has 1 spiro atoms. The van der Waals surface area contributed by atoms with Gasteiger partial charge in [-0.25, -0.2) is 28.5 Å². The highest BCUT2D eigenvalue weighted by molar-refractivity contribution is 5.95. The van der Waals surface area contributed by atoms with Gasteiger partial charge in [0.2, 0.25) is 5.91 Å². The summed E-state index contributed by atoms with van der Waals surface area (Å²) in [6.07, 6.45) is -0.801. The molecule has 1 aliphatic carbocycles. The Morgan fingerprint density at radius 1 is 1.08 bits per heavy atom. The number of aromatic amines is 1. The zero-order valence-electron chi connectivity index (χ0n) is 26.3. The van der Waals surface area contributed by atoms with Crippen molar-refractivity contribution in [3.63, 3.8) is 0 Å². The first-order valence-electron chi connectivity index (χ1n) is 15.8. The molecule has 3 saturated heterocycles. The van der Waals surface area contributed by atoms with E-state index in [0.29, 0.717) is 81.7 Å². The van der Waals surface area contributed by atoms with Gasteiger partial charge in [0.25, 0.3) is 11.8 Å². The molecule has 1 aromatic carbocycles. The number of rotatable bonds is 4. The molecule has 4 aliphatic heterocycles. The lowest BCUT2D eigenvalue weighted by molar-refractivity contribution is -0.120. The van der Waals surface area contributed by atoms with Crippen molar-refractivity contribution >= 4 is 40.6 Å². The second-order valence-electron chi connectivity index (χ2n) is 13.0. The highest BCUT2D eigenvalue weighted by Crippen LogP contribution is 2.40. The first kappa shape index (κ1) is 33.4. The van der Waals surface area contributed by atoms with E-state index in [-0.39, 0.29) is 58.9 Å². The third-order valence-corrected chi connectivity index (χ3v) is 9.54. The van der Waals surface area contributed by atoms with Crippen LogP contribution in [0, 0.1) is 17.6 Å². The Kier molecular flexibility index (Phi) is 8.26. The van der Waals surface area contributed by atoms with Gasteiger partial charge >= 0.3 is 12.3 Å². The number of allylic oxidation sites excluding steroid dienone is 1. The number of hydrogen-bond donors (Lipinski definition) is 4. The molecule has 0 bridgehead atoms. The van der Waals surface area contributed by atoms with Gasteiger partial charge in [0.05, 0.1) is 18.8 Å². The summed E-state index contributed by atoms with van der Waals surface area (Å²) in [6.45, 7) is 4.42. The Labute approximate surface area is 280 Å². The summed E-state index contributed by atoms with van der Waals surface area (Å²) in [5.74, 6) is -2.10. The molecule has 19 heteroatoms. The quantitative estimate of drug-likeness (QED) is 0.231. The Balaban J connectivity index is 0.000000510. The van der Waals surface area contributed by atoms with E-state index in [1.807, 2.05) is 0 Å². The maximum absolute atomic E-state index is 15.6. The van der Waals surface area contributed by atoms with E-state index in [9.17, 15) is 27.6 Å². The standard InChI is InChI=1S/C28H28F2N8O5.C3H3F3O/c29-20-14-7-13(8-15(14)21(30)23-22(20)35-24(36-23)16-1-2-18(39)32-16)10-37-5-3-28(4-6-37)12-38(27(41)43-28)17-9-31-26-25(33-17)34-19(40)11-42-26;1-2(7)3(4,5)6/h9,13,16H,1-8,10-12H2,(H,32,39)(H,35,36)(H,33,34,40);7H,1H2/t16-;/m0./s1. The van der Waals surface area contributed by atoms with E-state index in [1.165, 1.54) is 11.1 Å². The number of ether oxygens (including phenoxy) is 2. The number of halogens is 5. The summed E-state index contributed by atoms with van der Waals surface area (Å²) >= 11 is 0. The zero-order valence-corrected chi connectivity index (χ0v) is 26.3. The van der Waals surface area contributed by atoms with Gasteiger partial charge in [-0.15, -0.1) is 0 Å². The molecule has 3 fully saturated rings. The first-order chi connectivity index (χ1) is 23.7. The lowest BCUT2D eigenvalue weighted by atomic mass is 9.90. The van der Waals surface area contributed by atoms with Crippen LogP contribution >= 0.6 is 0 Å². The van der Waals surface area contributed by atoms with Crippen LogP contribution in [0.15, 0.2) is 18.5 Å². The van der Waals surface area contributed by atoms with Gasteiger partial charge in [-0.05, 0) is 36.3 Å². The minimum atomic E-state index is -4.64. The number of aliphatic hydroxyl groups is 1. The fourth-order valence-corrected chi connectivity index (χ4v) is 7.01. The number of alkyl halides is 3. The summed E-state index contributed by atoms with van der Waals surface area (Å²) in [7, 11) is 0. The van der Waals surface area contributed by atoms with Crippen LogP contribution in [0.25, 0.3) is 11.0 Å². The fourth-order valence-electron chi connectivity index (χ4n) is 7.01. The van der Waals surface area contributed by atoms with Crippen LogP contribution < -0.4 is 20.3 Å². The molecule has 8 rings (SSSR count). The van der Waals surface area contributed by atoms with Gasteiger partial charge < -0.3 is 35.1 Å². The van der Waals surface area contributed by atoms with Crippen LogP contribution in [0.2, 0.25) is 0 Å². The number of likely N-dealkylation sites (tertiary alicyclic amines) is 1. The van der Waals surface area contributed by atoms with Gasteiger partial charge in [-0.2, -0.15) is 13.2 Å². The smallest absolute Gasteiger partial charge is 0.448 e. The molecule has 3 aromatic rings. The number of anilines is 2. The van der Waals surface area contributed by atoms with Crippen LogP contribution in [0.5, 0.6) is 5.88 Å². The normalized spacial score (nSPS) is 21.7. The van der Waals surface area contributed by atoms with Crippen molar-refractivity contribution in [1.82, 2.24) is 30.2 Å². The maximum atomic E-state index is 15.6. The zero-order chi connectivity index (χ0) is 35.5. The number of carbonyl (C=O) groups excluding carboxylic acids is 3. The summed E-state index contributed by atoms with van der Waals surface area (Å²) < 4.78 is 74.7. The monoisotopic (exact) mass is 706 g/mol. The summed E-state index contributed by atoms with van der Waals surface area (Å²) in [5, 5.41) is 13.0. The number of fused-ring (bicyclic) bond motifs is 3. The van der Waals surface area contributed by atoms with Crippen molar-refractivity contribution < 1.29 is 50.9 Å². The summed E-state index contributed by atoms with van der Waals surface area (Å²) in [5.41, 5.74) is 0.133. The van der Waals surface area contributed by atoms with Crippen LogP contribution in [0.4, 0.5) is 38.4 Å². The lowest BCUT2D eigenvalue weighted by Crippen LogP contribution is -2.48. The Bertz CT molecular complexity index is 1860. The highest BCUT2D eigenvalue weighted by Gasteiger charge is 2.48. The van der Waals surface area contributed by atoms with Crippen molar-refractivity contribution in [2.24, 2.45) is 5.92 Å². The van der Waals surface area contributed by atoms with Gasteiger partial charge in [0.15, 0.2) is 35.6 Å². The number of aliphatic hydroxyl groups excluding tert-OH is 1. The minimum Gasteiger partial charge on any atom is -0.505 e. The van der Waals surface area contributed by atoms with Crippen LogP contribution in [-0.4, -0.2) is 92.4 Å². The number of amides is 3. The van der Waals surface area contributed by atoms with Crippen LogP contribution in [-0.2, 0) is 27.2 Å². The average Bonchev–Trinajstić information content (AvgIpc) is 3.86. The van der Waals surface area contributed by atoms with Crippen molar-refractivity contribution in [2.75, 3.05) is 43.0 Å². The van der Waals surface area contributed by atoms with E-state index >= 15 is 8.78 Å². The van der Waals surface area contributed by atoms with Crippen molar-refractivity contribution in [3.8, 4) is 5.88 Å². The van der Waals surface area contributed by atoms with Crippen LogP contribution in [0.3, 0.4) is 0 Å². The topological polar surface area (TPSA) is 175 Å². The molecule has 2 atom stereocenters.